The smallest absolute Gasteiger partial charge is 0.338 e. The van der Waals surface area contributed by atoms with Crippen molar-refractivity contribution in [2.24, 2.45) is 0 Å². The Kier molecular flexibility index (Phi) is 4.69. The van der Waals surface area contributed by atoms with E-state index in [0.29, 0.717) is 17.7 Å². The van der Waals surface area contributed by atoms with Crippen LogP contribution in [0.25, 0.3) is 0 Å². The Hall–Kier alpha value is -1.84. The van der Waals surface area contributed by atoms with Crippen LogP contribution in [0.4, 0.5) is 0 Å². The number of carbonyl (C=O) groups is 2. The summed E-state index contributed by atoms with van der Waals surface area (Å²) in [7, 11) is 3.34. The summed E-state index contributed by atoms with van der Waals surface area (Å²) in [4.78, 5) is 24.8. The second kappa shape index (κ2) is 6.03. The number of esters is 1. The molecule has 1 aromatic rings. The Bertz CT molecular complexity index is 413. The summed E-state index contributed by atoms with van der Waals surface area (Å²) >= 11 is 0. The van der Waals surface area contributed by atoms with E-state index >= 15 is 0 Å². The topological polar surface area (TPSA) is 46.6 Å². The van der Waals surface area contributed by atoms with E-state index in [-0.39, 0.29) is 11.9 Å². The van der Waals surface area contributed by atoms with Gasteiger partial charge in [-0.3, -0.25) is 4.79 Å². The highest BCUT2D eigenvalue weighted by Gasteiger charge is 2.12. The Morgan fingerprint density at radius 3 is 2.47 bits per heavy atom. The molecular formula is C13H17NO3. The van der Waals surface area contributed by atoms with Crippen molar-refractivity contribution in [3.8, 4) is 0 Å². The van der Waals surface area contributed by atoms with E-state index in [1.54, 1.807) is 38.4 Å². The molecule has 0 N–H and O–H groups in total. The third-order valence-electron chi connectivity index (χ3n) is 2.19. The zero-order chi connectivity index (χ0) is 12.8. The van der Waals surface area contributed by atoms with Gasteiger partial charge in [0.1, 0.15) is 0 Å². The number of nitrogens with zero attached hydrogens (tertiary/aromatic N) is 1. The summed E-state index contributed by atoms with van der Waals surface area (Å²) in [6, 6.07) is 6.56. The van der Waals surface area contributed by atoms with Crippen molar-refractivity contribution in [1.29, 1.82) is 0 Å². The van der Waals surface area contributed by atoms with Gasteiger partial charge in [-0.1, -0.05) is 13.0 Å². The SMILES string of the molecule is CCCOC(=O)c1cccc(C(=O)N(C)C)c1. The molecule has 1 amide bonds. The number of carbonyl (C=O) groups excluding carboxylic acids is 2. The quantitative estimate of drug-likeness (QED) is 0.749. The van der Waals surface area contributed by atoms with Crippen molar-refractivity contribution < 1.29 is 14.3 Å². The van der Waals surface area contributed by atoms with Crippen LogP contribution in [0.2, 0.25) is 0 Å². The molecule has 0 unspecified atom stereocenters. The highest BCUT2D eigenvalue weighted by molar-refractivity contribution is 5.97. The largest absolute Gasteiger partial charge is 0.462 e. The lowest BCUT2D eigenvalue weighted by atomic mass is 10.1. The molecule has 0 aliphatic rings. The van der Waals surface area contributed by atoms with Gasteiger partial charge in [-0.15, -0.1) is 0 Å². The molecule has 0 aliphatic heterocycles. The summed E-state index contributed by atoms with van der Waals surface area (Å²) in [5, 5.41) is 0. The predicted octanol–water partition coefficient (Wildman–Crippen LogP) is 1.96. The Morgan fingerprint density at radius 1 is 1.24 bits per heavy atom. The number of amides is 1. The molecule has 92 valence electrons. The minimum absolute atomic E-state index is 0.129. The van der Waals surface area contributed by atoms with Crippen LogP contribution in [0.3, 0.4) is 0 Å². The maximum atomic E-state index is 11.7. The Balaban J connectivity index is 2.86. The van der Waals surface area contributed by atoms with Crippen LogP contribution < -0.4 is 0 Å². The van der Waals surface area contributed by atoms with Crippen LogP contribution in [0.5, 0.6) is 0 Å². The van der Waals surface area contributed by atoms with Crippen LogP contribution in [-0.4, -0.2) is 37.5 Å². The van der Waals surface area contributed by atoms with E-state index in [0.717, 1.165) is 6.42 Å². The first-order chi connectivity index (χ1) is 8.06. The van der Waals surface area contributed by atoms with Crippen molar-refractivity contribution in [1.82, 2.24) is 4.90 Å². The van der Waals surface area contributed by atoms with Gasteiger partial charge in [-0.2, -0.15) is 0 Å². The molecule has 1 aromatic carbocycles. The van der Waals surface area contributed by atoms with Crippen LogP contribution in [0.15, 0.2) is 24.3 Å². The summed E-state index contributed by atoms with van der Waals surface area (Å²) in [6.45, 7) is 2.32. The van der Waals surface area contributed by atoms with Crippen molar-refractivity contribution >= 4 is 11.9 Å². The molecule has 0 bridgehead atoms. The lowest BCUT2D eigenvalue weighted by molar-refractivity contribution is 0.0505. The molecule has 0 heterocycles. The molecule has 0 fully saturated rings. The Labute approximate surface area is 101 Å². The standard InChI is InChI=1S/C13H17NO3/c1-4-8-17-13(16)11-7-5-6-10(9-11)12(15)14(2)3/h5-7,9H,4,8H2,1-3H3. The molecular weight excluding hydrogens is 218 g/mol. The summed E-state index contributed by atoms with van der Waals surface area (Å²) in [6.07, 6.45) is 0.780. The highest BCUT2D eigenvalue weighted by atomic mass is 16.5. The second-order valence-electron chi connectivity index (χ2n) is 3.92. The summed E-state index contributed by atoms with van der Waals surface area (Å²) in [5.41, 5.74) is 0.895. The van der Waals surface area contributed by atoms with Crippen molar-refractivity contribution in [2.75, 3.05) is 20.7 Å². The fraction of sp³-hybridized carbons (Fsp3) is 0.385. The first-order valence-electron chi connectivity index (χ1n) is 5.55. The first-order valence-corrected chi connectivity index (χ1v) is 5.55. The monoisotopic (exact) mass is 235 g/mol. The van der Waals surface area contributed by atoms with Crippen LogP contribution in [0.1, 0.15) is 34.1 Å². The molecule has 0 radical (unpaired) electrons. The number of benzene rings is 1. The maximum absolute atomic E-state index is 11.7. The molecule has 4 heteroatoms. The van der Waals surface area contributed by atoms with E-state index in [4.69, 9.17) is 4.74 Å². The Morgan fingerprint density at radius 2 is 1.88 bits per heavy atom. The second-order valence-corrected chi connectivity index (χ2v) is 3.92. The van der Waals surface area contributed by atoms with E-state index in [1.165, 1.54) is 4.90 Å². The van der Waals surface area contributed by atoms with E-state index < -0.39 is 0 Å². The highest BCUT2D eigenvalue weighted by Crippen LogP contribution is 2.08. The van der Waals surface area contributed by atoms with E-state index in [9.17, 15) is 9.59 Å². The lowest BCUT2D eigenvalue weighted by Gasteiger charge is -2.10. The summed E-state index contributed by atoms with van der Waals surface area (Å²) < 4.78 is 5.01. The minimum Gasteiger partial charge on any atom is -0.462 e. The van der Waals surface area contributed by atoms with Gasteiger partial charge in [0.2, 0.25) is 0 Å². The number of hydrogen-bond acceptors (Lipinski definition) is 3. The molecule has 0 aliphatic carbocycles. The van der Waals surface area contributed by atoms with Gasteiger partial charge in [0, 0.05) is 19.7 Å². The van der Waals surface area contributed by atoms with Gasteiger partial charge in [0.25, 0.3) is 5.91 Å². The van der Waals surface area contributed by atoms with Crippen LogP contribution >= 0.6 is 0 Å². The van der Waals surface area contributed by atoms with Crippen LogP contribution in [-0.2, 0) is 4.74 Å². The van der Waals surface area contributed by atoms with Gasteiger partial charge in [-0.05, 0) is 24.6 Å². The van der Waals surface area contributed by atoms with Crippen molar-refractivity contribution in [3.63, 3.8) is 0 Å². The molecule has 0 spiro atoms. The molecule has 0 saturated heterocycles. The fourth-order valence-corrected chi connectivity index (χ4v) is 1.32. The predicted molar refractivity (Wildman–Crippen MR) is 65.0 cm³/mol. The third-order valence-corrected chi connectivity index (χ3v) is 2.19. The molecule has 0 atom stereocenters. The lowest BCUT2D eigenvalue weighted by Crippen LogP contribution is -2.22. The van der Waals surface area contributed by atoms with Crippen molar-refractivity contribution in [3.05, 3.63) is 35.4 Å². The fourth-order valence-electron chi connectivity index (χ4n) is 1.32. The van der Waals surface area contributed by atoms with E-state index in [1.807, 2.05) is 6.92 Å². The van der Waals surface area contributed by atoms with Gasteiger partial charge in [0.05, 0.1) is 12.2 Å². The normalized spacial score (nSPS) is 9.82. The minimum atomic E-state index is -0.389. The van der Waals surface area contributed by atoms with Gasteiger partial charge in [0.15, 0.2) is 0 Å². The summed E-state index contributed by atoms with van der Waals surface area (Å²) in [5.74, 6) is -0.518. The molecule has 4 nitrogen and oxygen atoms in total. The maximum Gasteiger partial charge on any atom is 0.338 e. The third kappa shape index (κ3) is 3.59. The van der Waals surface area contributed by atoms with Crippen LogP contribution in [0, 0.1) is 0 Å². The van der Waals surface area contributed by atoms with Gasteiger partial charge >= 0.3 is 5.97 Å². The number of hydrogen-bond donors (Lipinski definition) is 0. The van der Waals surface area contributed by atoms with E-state index in [2.05, 4.69) is 0 Å². The van der Waals surface area contributed by atoms with Gasteiger partial charge in [-0.25, -0.2) is 4.79 Å². The zero-order valence-electron chi connectivity index (χ0n) is 10.4. The first kappa shape index (κ1) is 13.2. The zero-order valence-corrected chi connectivity index (χ0v) is 10.4. The number of rotatable bonds is 4. The molecule has 0 aromatic heterocycles. The molecule has 1 rings (SSSR count). The average molecular weight is 235 g/mol. The molecule has 0 saturated carbocycles. The van der Waals surface area contributed by atoms with Crippen molar-refractivity contribution in [2.45, 2.75) is 13.3 Å². The molecule has 17 heavy (non-hydrogen) atoms. The average Bonchev–Trinajstić information content (AvgIpc) is 2.35. The van der Waals surface area contributed by atoms with Gasteiger partial charge < -0.3 is 9.64 Å². The number of ether oxygens (including phenoxy) is 1.